The van der Waals surface area contributed by atoms with Crippen molar-refractivity contribution in [3.63, 3.8) is 0 Å². The van der Waals surface area contributed by atoms with E-state index in [1.807, 2.05) is 0 Å². The Hall–Kier alpha value is -1.24. The SMILES string of the molecule is CC1[CH-]C2=c3ccccc3=CCC2C1.CC1[CH-]C2=c3ccccc3=CCC2C1.C[Si](C)=[Zr+2]. The first kappa shape index (κ1) is 23.9. The minimum atomic E-state index is 0.210. The minimum absolute atomic E-state index is 0.210. The van der Waals surface area contributed by atoms with Gasteiger partial charge in [0.25, 0.3) is 0 Å². The van der Waals surface area contributed by atoms with Crippen molar-refractivity contribution < 1.29 is 23.3 Å². The Morgan fingerprint density at radius 3 is 1.50 bits per heavy atom. The number of benzene rings is 2. The van der Waals surface area contributed by atoms with Crippen LogP contribution in [0.15, 0.2) is 48.5 Å². The van der Waals surface area contributed by atoms with E-state index in [1.165, 1.54) is 46.6 Å². The van der Waals surface area contributed by atoms with E-state index in [4.69, 9.17) is 0 Å². The molecule has 0 N–H and O–H groups in total. The van der Waals surface area contributed by atoms with Gasteiger partial charge in [-0.25, -0.2) is 24.0 Å². The molecule has 4 unspecified atom stereocenters. The third-order valence-electron chi connectivity index (χ3n) is 6.91. The van der Waals surface area contributed by atoms with E-state index >= 15 is 0 Å². The summed E-state index contributed by atoms with van der Waals surface area (Å²) in [7, 11) is 0. The average molecular weight is 516 g/mol. The maximum absolute atomic E-state index is 2.47. The predicted octanol–water partition coefficient (Wildman–Crippen LogP) is 4.55. The molecule has 2 aromatic carbocycles. The zero-order valence-electron chi connectivity index (χ0n) is 20.1. The summed E-state index contributed by atoms with van der Waals surface area (Å²) in [5.41, 5.74) is 3.42. The van der Waals surface area contributed by atoms with Gasteiger partial charge in [0, 0.05) is 0 Å². The second kappa shape index (κ2) is 10.8. The molecule has 0 amide bonds. The topological polar surface area (TPSA) is 0 Å². The Morgan fingerprint density at radius 1 is 0.719 bits per heavy atom. The zero-order chi connectivity index (χ0) is 22.7. The van der Waals surface area contributed by atoms with Crippen molar-refractivity contribution in [3.05, 3.63) is 82.2 Å². The van der Waals surface area contributed by atoms with Gasteiger partial charge in [-0.2, -0.15) is 10.4 Å². The molecule has 4 atom stereocenters. The van der Waals surface area contributed by atoms with E-state index in [0.717, 1.165) is 23.7 Å². The van der Waals surface area contributed by atoms with Gasteiger partial charge in [0.05, 0.1) is 0 Å². The maximum atomic E-state index is 2.47. The van der Waals surface area contributed by atoms with Gasteiger partial charge in [-0.05, 0) is 24.7 Å². The summed E-state index contributed by atoms with van der Waals surface area (Å²) in [5, 5.41) is 5.83. The van der Waals surface area contributed by atoms with Gasteiger partial charge in [0.1, 0.15) is 0 Å². The van der Waals surface area contributed by atoms with Crippen LogP contribution in [0.4, 0.5) is 0 Å². The molecule has 0 saturated heterocycles. The third-order valence-corrected chi connectivity index (χ3v) is 6.91. The summed E-state index contributed by atoms with van der Waals surface area (Å²) in [5.74, 6) is 3.16. The first-order valence-corrected chi connectivity index (χ1v) is 18.4. The van der Waals surface area contributed by atoms with E-state index in [9.17, 15) is 0 Å². The molecule has 0 bridgehead atoms. The molecule has 0 heterocycles. The molecular weight excluding hydrogens is 480 g/mol. The van der Waals surface area contributed by atoms with Crippen LogP contribution in [-0.4, -0.2) is 5.43 Å². The molecule has 0 aromatic heterocycles. The van der Waals surface area contributed by atoms with Crippen LogP contribution in [0.5, 0.6) is 0 Å². The van der Waals surface area contributed by atoms with Crippen LogP contribution in [0.3, 0.4) is 0 Å². The summed E-state index contributed by atoms with van der Waals surface area (Å²) in [6.45, 7) is 9.27. The molecule has 6 rings (SSSR count). The molecule has 4 aliphatic carbocycles. The third kappa shape index (κ3) is 5.63. The van der Waals surface area contributed by atoms with Crippen molar-refractivity contribution in [1.82, 2.24) is 0 Å². The van der Waals surface area contributed by atoms with Crippen molar-refractivity contribution in [3.8, 4) is 0 Å². The van der Waals surface area contributed by atoms with Gasteiger partial charge in [-0.1, -0.05) is 87.1 Å². The Labute approximate surface area is 209 Å². The van der Waals surface area contributed by atoms with Crippen molar-refractivity contribution in [2.75, 3.05) is 0 Å². The molecule has 2 saturated carbocycles. The standard InChI is InChI=1S/2C14H15.C2H6Si.Zr/c2*1-10-8-12-7-6-11-4-2-3-5-13(11)14(12)9-10;1-3-2;/h2*2-6,9-10,12H,7-8H2,1H3;1-2H3;/q2*-1;;+2. The quantitative estimate of drug-likeness (QED) is 0.357. The van der Waals surface area contributed by atoms with E-state index in [1.54, 1.807) is 34.5 Å². The molecule has 2 heteroatoms. The van der Waals surface area contributed by atoms with Crippen molar-refractivity contribution in [2.45, 2.75) is 52.6 Å². The van der Waals surface area contributed by atoms with Gasteiger partial charge >= 0.3 is 41.9 Å². The summed E-state index contributed by atoms with van der Waals surface area (Å²) in [4.78, 5) is 0. The molecule has 0 nitrogen and oxygen atoms in total. The summed E-state index contributed by atoms with van der Waals surface area (Å²) in [6, 6.07) is 17.6. The molecule has 4 aliphatic rings. The summed E-state index contributed by atoms with van der Waals surface area (Å²) in [6.07, 6.45) is 14.9. The molecule has 0 spiro atoms. The average Bonchev–Trinajstić information content (AvgIpc) is 3.35. The first-order valence-electron chi connectivity index (χ1n) is 12.2. The monoisotopic (exact) mass is 514 g/mol. The molecule has 2 aromatic rings. The van der Waals surface area contributed by atoms with Crippen LogP contribution in [-0.2, 0) is 23.3 Å². The van der Waals surface area contributed by atoms with Crippen LogP contribution < -0.4 is 20.9 Å². The second-order valence-corrected chi connectivity index (χ2v) is 19.5. The van der Waals surface area contributed by atoms with E-state index < -0.39 is 0 Å². The number of fused-ring (bicyclic) bond motifs is 4. The van der Waals surface area contributed by atoms with Gasteiger partial charge in [-0.15, -0.1) is 22.6 Å². The second-order valence-electron chi connectivity index (χ2n) is 10.1. The number of rotatable bonds is 0. The van der Waals surface area contributed by atoms with E-state index in [-0.39, 0.29) is 5.43 Å². The molecule has 0 aliphatic heterocycles. The van der Waals surface area contributed by atoms with Crippen molar-refractivity contribution in [1.29, 1.82) is 0 Å². The first-order chi connectivity index (χ1) is 15.4. The molecule has 164 valence electrons. The molecular formula is C30H36SiZr. The van der Waals surface area contributed by atoms with Crippen LogP contribution >= 0.6 is 0 Å². The van der Waals surface area contributed by atoms with Gasteiger partial charge in [-0.3, -0.25) is 0 Å². The Kier molecular flexibility index (Phi) is 8.06. The normalized spacial score (nSPS) is 26.1. The molecule has 32 heavy (non-hydrogen) atoms. The number of hydrogen-bond acceptors (Lipinski definition) is 0. The molecule has 0 radical (unpaired) electrons. The molecule has 2 fully saturated rings. The fourth-order valence-corrected chi connectivity index (χ4v) is 5.65. The zero-order valence-corrected chi connectivity index (χ0v) is 23.5. The number of hydrogen-bond donors (Lipinski definition) is 0. The fraction of sp³-hybridized carbons (Fsp3) is 0.400. The van der Waals surface area contributed by atoms with Crippen molar-refractivity contribution in [2.24, 2.45) is 23.7 Å². The van der Waals surface area contributed by atoms with Crippen LogP contribution in [0.1, 0.15) is 39.5 Å². The fourth-order valence-electron chi connectivity index (χ4n) is 5.65. The summed E-state index contributed by atoms with van der Waals surface area (Å²) >= 11 is 1.74. The summed E-state index contributed by atoms with van der Waals surface area (Å²) < 4.78 is 0. The van der Waals surface area contributed by atoms with Crippen LogP contribution in [0.2, 0.25) is 13.1 Å². The van der Waals surface area contributed by atoms with E-state index in [2.05, 4.69) is 100 Å². The van der Waals surface area contributed by atoms with E-state index in [0.29, 0.717) is 0 Å². The Bertz CT molecular complexity index is 1130. The van der Waals surface area contributed by atoms with Gasteiger partial charge < -0.3 is 0 Å². The Morgan fingerprint density at radius 2 is 1.09 bits per heavy atom. The predicted molar refractivity (Wildman–Crippen MR) is 137 cm³/mol. The van der Waals surface area contributed by atoms with Crippen LogP contribution in [0, 0.1) is 36.5 Å². The Balaban J connectivity index is 0.000000132. The van der Waals surface area contributed by atoms with Gasteiger partial charge in [0.15, 0.2) is 0 Å². The van der Waals surface area contributed by atoms with Gasteiger partial charge in [0.2, 0.25) is 0 Å². The van der Waals surface area contributed by atoms with Crippen molar-refractivity contribution >= 4 is 28.7 Å². The van der Waals surface area contributed by atoms with Crippen LogP contribution in [0.25, 0.3) is 23.3 Å².